The predicted molar refractivity (Wildman–Crippen MR) is 98.2 cm³/mol. The summed E-state index contributed by atoms with van der Waals surface area (Å²) in [5.41, 5.74) is 2.88. The second-order valence-electron chi connectivity index (χ2n) is 6.00. The highest BCUT2D eigenvalue weighted by molar-refractivity contribution is 6.23. The normalized spacial score (nSPS) is 16.5. The number of aryl methyl sites for hydroxylation is 1. The third kappa shape index (κ3) is 3.66. The van der Waals surface area contributed by atoms with E-state index in [0.29, 0.717) is 17.1 Å². The number of benzene rings is 2. The van der Waals surface area contributed by atoms with Crippen molar-refractivity contribution >= 4 is 35.0 Å². The first-order valence-electron chi connectivity index (χ1n) is 8.13. The van der Waals surface area contributed by atoms with Crippen LogP contribution in [0, 0.1) is 6.92 Å². The highest BCUT2D eigenvalue weighted by atomic mass is 16.5. The third-order valence-electron chi connectivity index (χ3n) is 4.10. The smallest absolute Gasteiger partial charge is 0.411 e. The second-order valence-corrected chi connectivity index (χ2v) is 6.00. The summed E-state index contributed by atoms with van der Waals surface area (Å²) in [6.07, 6.45) is -0.467. The van der Waals surface area contributed by atoms with Gasteiger partial charge in [-0.1, -0.05) is 17.7 Å². The number of carbonyl (C=O) groups excluding carboxylic acids is 3. The Labute approximate surface area is 150 Å². The Morgan fingerprint density at radius 3 is 2.27 bits per heavy atom. The number of ether oxygens (including phenoxy) is 1. The highest BCUT2D eigenvalue weighted by Gasteiger charge is 2.39. The van der Waals surface area contributed by atoms with Crippen molar-refractivity contribution in [3.8, 4) is 0 Å². The summed E-state index contributed by atoms with van der Waals surface area (Å²) in [7, 11) is 1.29. The minimum absolute atomic E-state index is 0.0921. The molecule has 0 aliphatic carbocycles. The first-order chi connectivity index (χ1) is 12.5. The molecule has 0 bridgehead atoms. The van der Waals surface area contributed by atoms with Gasteiger partial charge in [0.05, 0.1) is 19.2 Å². The fourth-order valence-corrected chi connectivity index (χ4v) is 2.73. The molecule has 1 saturated heterocycles. The Kier molecular flexibility index (Phi) is 4.88. The zero-order valence-electron chi connectivity index (χ0n) is 14.5. The lowest BCUT2D eigenvalue weighted by atomic mass is 10.2. The number of anilines is 3. The molecular formula is C19H19N3O4. The number of methoxy groups -OCH3 is 1. The molecular weight excluding hydrogens is 334 g/mol. The predicted octanol–water partition coefficient (Wildman–Crippen LogP) is 2.92. The molecule has 0 saturated carbocycles. The molecule has 0 spiro atoms. The Balaban J connectivity index is 1.69. The van der Waals surface area contributed by atoms with Crippen molar-refractivity contribution in [3.63, 3.8) is 0 Å². The van der Waals surface area contributed by atoms with Crippen LogP contribution < -0.4 is 15.5 Å². The molecule has 134 valence electrons. The molecule has 0 aromatic heterocycles. The fourth-order valence-electron chi connectivity index (χ4n) is 2.73. The zero-order valence-corrected chi connectivity index (χ0v) is 14.5. The topological polar surface area (TPSA) is 87.7 Å². The van der Waals surface area contributed by atoms with Gasteiger partial charge in [0.1, 0.15) is 6.04 Å². The summed E-state index contributed by atoms with van der Waals surface area (Å²) in [6, 6.07) is 13.4. The first kappa shape index (κ1) is 17.5. The first-order valence-corrected chi connectivity index (χ1v) is 8.13. The number of carbonyl (C=O) groups is 3. The molecule has 7 nitrogen and oxygen atoms in total. The van der Waals surface area contributed by atoms with Crippen LogP contribution in [0.5, 0.6) is 0 Å². The van der Waals surface area contributed by atoms with E-state index in [2.05, 4.69) is 15.4 Å². The zero-order chi connectivity index (χ0) is 18.7. The Morgan fingerprint density at radius 2 is 1.65 bits per heavy atom. The number of hydrogen-bond donors (Lipinski definition) is 2. The van der Waals surface area contributed by atoms with Crippen LogP contribution in [-0.2, 0) is 14.3 Å². The van der Waals surface area contributed by atoms with Gasteiger partial charge in [0.25, 0.3) is 5.91 Å². The van der Waals surface area contributed by atoms with Crippen molar-refractivity contribution in [2.75, 3.05) is 22.6 Å². The molecule has 2 aromatic carbocycles. The molecule has 0 unspecified atom stereocenters. The standard InChI is InChI=1S/C19H19N3O4/c1-12-3-9-15(10-4-12)22-17(23)11-16(18(22)24)20-13-5-7-14(8-6-13)21-19(25)26-2/h3-10,16,20H,11H2,1-2H3,(H,21,25)/t16-/m1/s1. The third-order valence-corrected chi connectivity index (χ3v) is 4.10. The number of nitrogens with zero attached hydrogens (tertiary/aromatic N) is 1. The van der Waals surface area contributed by atoms with E-state index in [1.54, 1.807) is 36.4 Å². The average molecular weight is 353 g/mol. The molecule has 1 aliphatic heterocycles. The summed E-state index contributed by atoms with van der Waals surface area (Å²) in [5, 5.41) is 5.61. The minimum atomic E-state index is -0.622. The van der Waals surface area contributed by atoms with Crippen molar-refractivity contribution in [2.45, 2.75) is 19.4 Å². The second kappa shape index (κ2) is 7.26. The number of rotatable bonds is 4. The van der Waals surface area contributed by atoms with Gasteiger partial charge in [0, 0.05) is 11.4 Å². The average Bonchev–Trinajstić information content (AvgIpc) is 2.91. The van der Waals surface area contributed by atoms with E-state index in [1.807, 2.05) is 19.1 Å². The number of imide groups is 1. The van der Waals surface area contributed by atoms with Crippen molar-refractivity contribution in [1.82, 2.24) is 0 Å². The van der Waals surface area contributed by atoms with Crippen LogP contribution >= 0.6 is 0 Å². The van der Waals surface area contributed by atoms with Crippen LogP contribution in [0.2, 0.25) is 0 Å². The monoisotopic (exact) mass is 353 g/mol. The highest BCUT2D eigenvalue weighted by Crippen LogP contribution is 2.25. The number of nitrogens with one attached hydrogen (secondary N) is 2. The quantitative estimate of drug-likeness (QED) is 0.825. The molecule has 1 heterocycles. The summed E-state index contributed by atoms with van der Waals surface area (Å²) in [5.74, 6) is -0.518. The summed E-state index contributed by atoms with van der Waals surface area (Å²) in [6.45, 7) is 1.94. The van der Waals surface area contributed by atoms with Crippen LogP contribution in [0.1, 0.15) is 12.0 Å². The number of hydrogen-bond acceptors (Lipinski definition) is 5. The molecule has 7 heteroatoms. The lowest BCUT2D eigenvalue weighted by molar-refractivity contribution is -0.121. The van der Waals surface area contributed by atoms with E-state index < -0.39 is 12.1 Å². The lowest BCUT2D eigenvalue weighted by Crippen LogP contribution is -2.34. The summed E-state index contributed by atoms with van der Waals surface area (Å²) in [4.78, 5) is 37.3. The van der Waals surface area contributed by atoms with Crippen LogP contribution in [0.25, 0.3) is 0 Å². The van der Waals surface area contributed by atoms with Crippen molar-refractivity contribution in [3.05, 3.63) is 54.1 Å². The fraction of sp³-hybridized carbons (Fsp3) is 0.211. The van der Waals surface area contributed by atoms with Gasteiger partial charge >= 0.3 is 6.09 Å². The van der Waals surface area contributed by atoms with Crippen LogP contribution in [0.4, 0.5) is 21.9 Å². The van der Waals surface area contributed by atoms with E-state index in [9.17, 15) is 14.4 Å². The number of amides is 3. The largest absolute Gasteiger partial charge is 0.453 e. The molecule has 3 rings (SSSR count). The maximum atomic E-state index is 12.6. The molecule has 2 aromatic rings. The van der Waals surface area contributed by atoms with Crippen LogP contribution in [-0.4, -0.2) is 31.1 Å². The van der Waals surface area contributed by atoms with E-state index in [1.165, 1.54) is 12.0 Å². The molecule has 0 radical (unpaired) electrons. The van der Waals surface area contributed by atoms with E-state index in [0.717, 1.165) is 5.56 Å². The van der Waals surface area contributed by atoms with Crippen LogP contribution in [0.15, 0.2) is 48.5 Å². The van der Waals surface area contributed by atoms with Gasteiger partial charge in [-0.25, -0.2) is 9.69 Å². The van der Waals surface area contributed by atoms with Crippen LogP contribution in [0.3, 0.4) is 0 Å². The lowest BCUT2D eigenvalue weighted by Gasteiger charge is -2.16. The molecule has 1 atom stereocenters. The SMILES string of the molecule is COC(=O)Nc1ccc(N[C@@H]2CC(=O)N(c3ccc(C)cc3)C2=O)cc1. The molecule has 1 fully saturated rings. The van der Waals surface area contributed by atoms with Gasteiger partial charge < -0.3 is 10.1 Å². The molecule has 26 heavy (non-hydrogen) atoms. The van der Waals surface area contributed by atoms with Gasteiger partial charge in [0.15, 0.2) is 0 Å². The van der Waals surface area contributed by atoms with Gasteiger partial charge in [-0.3, -0.25) is 14.9 Å². The molecule has 3 amide bonds. The van der Waals surface area contributed by atoms with Gasteiger partial charge in [-0.15, -0.1) is 0 Å². The van der Waals surface area contributed by atoms with Crippen molar-refractivity contribution in [1.29, 1.82) is 0 Å². The van der Waals surface area contributed by atoms with E-state index in [4.69, 9.17) is 0 Å². The Bertz CT molecular complexity index is 831. The van der Waals surface area contributed by atoms with E-state index in [-0.39, 0.29) is 18.2 Å². The van der Waals surface area contributed by atoms with E-state index >= 15 is 0 Å². The van der Waals surface area contributed by atoms with Gasteiger partial charge in [-0.05, 0) is 43.3 Å². The van der Waals surface area contributed by atoms with Gasteiger partial charge in [-0.2, -0.15) is 0 Å². The van der Waals surface area contributed by atoms with Crippen molar-refractivity contribution < 1.29 is 19.1 Å². The maximum absolute atomic E-state index is 12.6. The Hall–Kier alpha value is -3.35. The minimum Gasteiger partial charge on any atom is -0.453 e. The molecule has 2 N–H and O–H groups in total. The van der Waals surface area contributed by atoms with Gasteiger partial charge in [0.2, 0.25) is 5.91 Å². The van der Waals surface area contributed by atoms with Crippen molar-refractivity contribution in [2.24, 2.45) is 0 Å². The summed E-state index contributed by atoms with van der Waals surface area (Å²) >= 11 is 0. The molecule has 1 aliphatic rings. The maximum Gasteiger partial charge on any atom is 0.411 e. The Morgan fingerprint density at radius 1 is 1.04 bits per heavy atom. The summed E-state index contributed by atoms with van der Waals surface area (Å²) < 4.78 is 4.53.